The Kier molecular flexibility index (Phi) is 3.97. The van der Waals surface area contributed by atoms with Crippen molar-refractivity contribution in [1.82, 2.24) is 9.97 Å². The highest BCUT2D eigenvalue weighted by molar-refractivity contribution is 6.30. The summed E-state index contributed by atoms with van der Waals surface area (Å²) in [6, 6.07) is 8.80. The molecular weight excluding hydrogens is 266 g/mol. The molecule has 0 spiro atoms. The van der Waals surface area contributed by atoms with Crippen LogP contribution in [0, 0.1) is 0 Å². The van der Waals surface area contributed by atoms with E-state index in [1.165, 1.54) is 6.33 Å². The van der Waals surface area contributed by atoms with E-state index in [0.717, 1.165) is 10.5 Å². The molecule has 0 bridgehead atoms. The van der Waals surface area contributed by atoms with Gasteiger partial charge in [-0.3, -0.25) is 4.90 Å². The maximum atomic E-state index is 11.1. The first-order valence-corrected chi connectivity index (χ1v) is 6.08. The molecule has 19 heavy (non-hydrogen) atoms. The number of benzene rings is 1. The van der Waals surface area contributed by atoms with E-state index in [2.05, 4.69) is 9.97 Å². The van der Waals surface area contributed by atoms with E-state index in [0.29, 0.717) is 23.1 Å². The van der Waals surface area contributed by atoms with Gasteiger partial charge in [0.05, 0.1) is 5.69 Å². The highest BCUT2D eigenvalue weighted by Gasteiger charge is 2.14. The molecule has 0 unspecified atom stereocenters. The summed E-state index contributed by atoms with van der Waals surface area (Å²) in [6.07, 6.45) is 0.313. The maximum absolute atomic E-state index is 11.1. The second-order valence-corrected chi connectivity index (χ2v) is 4.23. The molecule has 2 rings (SSSR count). The number of amides is 1. The van der Waals surface area contributed by atoms with Gasteiger partial charge in [-0.1, -0.05) is 23.7 Å². The molecule has 1 aromatic carbocycles. The summed E-state index contributed by atoms with van der Waals surface area (Å²) in [5, 5.41) is 9.71. The number of carbonyl (C=O) groups is 1. The fourth-order valence-corrected chi connectivity index (χ4v) is 1.79. The predicted molar refractivity (Wildman–Crippen MR) is 73.5 cm³/mol. The van der Waals surface area contributed by atoms with Crippen LogP contribution < -0.4 is 4.90 Å². The van der Waals surface area contributed by atoms with Crippen LogP contribution in [-0.2, 0) is 0 Å². The Morgan fingerprint density at radius 3 is 2.58 bits per heavy atom. The van der Waals surface area contributed by atoms with Crippen molar-refractivity contribution in [3.63, 3.8) is 0 Å². The molecule has 0 atom stereocenters. The average molecular weight is 278 g/mol. The molecule has 6 heteroatoms. The molecule has 0 radical (unpaired) electrons. The second kappa shape index (κ2) is 5.67. The zero-order valence-electron chi connectivity index (χ0n) is 10.2. The summed E-state index contributed by atoms with van der Waals surface area (Å²) < 4.78 is 0. The lowest BCUT2D eigenvalue weighted by molar-refractivity contribution is 0.202. The number of carboxylic acid groups (broad SMARTS) is 1. The van der Waals surface area contributed by atoms with Crippen molar-refractivity contribution < 1.29 is 9.90 Å². The number of aromatic nitrogens is 2. The van der Waals surface area contributed by atoms with Crippen LogP contribution in [-0.4, -0.2) is 27.7 Å². The summed E-state index contributed by atoms with van der Waals surface area (Å²) in [5.74, 6) is 0.356. The zero-order valence-corrected chi connectivity index (χ0v) is 11.0. The highest BCUT2D eigenvalue weighted by atomic mass is 35.5. The minimum Gasteiger partial charge on any atom is -0.465 e. The van der Waals surface area contributed by atoms with E-state index in [1.807, 2.05) is 12.1 Å². The number of anilines is 1. The van der Waals surface area contributed by atoms with Crippen molar-refractivity contribution in [2.45, 2.75) is 6.92 Å². The van der Waals surface area contributed by atoms with Gasteiger partial charge >= 0.3 is 6.09 Å². The second-order valence-electron chi connectivity index (χ2n) is 3.80. The number of hydrogen-bond acceptors (Lipinski definition) is 3. The molecule has 5 nitrogen and oxygen atoms in total. The van der Waals surface area contributed by atoms with Gasteiger partial charge in [0.1, 0.15) is 12.1 Å². The first-order chi connectivity index (χ1) is 9.11. The van der Waals surface area contributed by atoms with Crippen LogP contribution in [0.5, 0.6) is 0 Å². The summed E-state index contributed by atoms with van der Waals surface area (Å²) in [6.45, 7) is 2.07. The monoisotopic (exact) mass is 277 g/mol. The Bertz CT molecular complexity index is 587. The van der Waals surface area contributed by atoms with E-state index in [9.17, 15) is 4.79 Å². The third-order valence-electron chi connectivity index (χ3n) is 2.62. The summed E-state index contributed by atoms with van der Waals surface area (Å²) >= 11 is 5.83. The van der Waals surface area contributed by atoms with Crippen molar-refractivity contribution in [2.75, 3.05) is 11.4 Å². The average Bonchev–Trinajstić information content (AvgIpc) is 2.40. The standard InChI is InChI=1S/C13H12ClN3O2/c1-2-17(13(18)19)12-7-11(15-8-16-12)9-3-5-10(14)6-4-9/h3-8H,2H2,1H3,(H,18,19). The largest absolute Gasteiger partial charge is 0.465 e. The molecule has 0 aliphatic carbocycles. The molecule has 0 saturated carbocycles. The molecule has 1 heterocycles. The van der Waals surface area contributed by atoms with E-state index in [1.54, 1.807) is 25.1 Å². The fraction of sp³-hybridized carbons (Fsp3) is 0.154. The van der Waals surface area contributed by atoms with Crippen LogP contribution in [0.1, 0.15) is 6.92 Å². The molecular formula is C13H12ClN3O2. The fourth-order valence-electron chi connectivity index (χ4n) is 1.67. The molecule has 1 amide bonds. The third-order valence-corrected chi connectivity index (χ3v) is 2.87. The summed E-state index contributed by atoms with van der Waals surface area (Å²) in [7, 11) is 0. The van der Waals surface area contributed by atoms with Gasteiger partial charge in [-0.05, 0) is 19.1 Å². The molecule has 1 aromatic heterocycles. The van der Waals surface area contributed by atoms with Gasteiger partial charge in [0.15, 0.2) is 0 Å². The Labute approximate surface area is 115 Å². The SMILES string of the molecule is CCN(C(=O)O)c1cc(-c2ccc(Cl)cc2)ncn1. The van der Waals surface area contributed by atoms with Crippen LogP contribution in [0.3, 0.4) is 0 Å². The predicted octanol–water partition coefficient (Wildman–Crippen LogP) is 3.30. The Morgan fingerprint density at radius 2 is 2.00 bits per heavy atom. The quantitative estimate of drug-likeness (QED) is 0.935. The Balaban J connectivity index is 2.38. The molecule has 2 aromatic rings. The van der Waals surface area contributed by atoms with Gasteiger partial charge in [0.25, 0.3) is 0 Å². The highest BCUT2D eigenvalue weighted by Crippen LogP contribution is 2.22. The van der Waals surface area contributed by atoms with Crippen molar-refractivity contribution >= 4 is 23.5 Å². The third kappa shape index (κ3) is 3.00. The topological polar surface area (TPSA) is 66.3 Å². The Morgan fingerprint density at radius 1 is 1.32 bits per heavy atom. The zero-order chi connectivity index (χ0) is 13.8. The van der Waals surface area contributed by atoms with Crippen molar-refractivity contribution in [3.8, 4) is 11.3 Å². The number of hydrogen-bond donors (Lipinski definition) is 1. The van der Waals surface area contributed by atoms with E-state index in [-0.39, 0.29) is 0 Å². The molecule has 1 N–H and O–H groups in total. The van der Waals surface area contributed by atoms with Crippen LogP contribution in [0.2, 0.25) is 5.02 Å². The van der Waals surface area contributed by atoms with E-state index >= 15 is 0 Å². The molecule has 0 aliphatic rings. The van der Waals surface area contributed by atoms with Gasteiger partial charge in [-0.15, -0.1) is 0 Å². The molecule has 98 valence electrons. The van der Waals surface area contributed by atoms with E-state index < -0.39 is 6.09 Å². The van der Waals surface area contributed by atoms with Gasteiger partial charge < -0.3 is 5.11 Å². The van der Waals surface area contributed by atoms with Gasteiger partial charge in [0.2, 0.25) is 0 Å². The lowest BCUT2D eigenvalue weighted by atomic mass is 10.1. The summed E-state index contributed by atoms with van der Waals surface area (Å²) in [4.78, 5) is 20.3. The van der Waals surface area contributed by atoms with Gasteiger partial charge in [0, 0.05) is 23.2 Å². The van der Waals surface area contributed by atoms with Crippen LogP contribution in [0.4, 0.5) is 10.6 Å². The minimum absolute atomic E-state index is 0.326. The van der Waals surface area contributed by atoms with Crippen molar-refractivity contribution in [1.29, 1.82) is 0 Å². The first kappa shape index (κ1) is 13.3. The number of nitrogens with zero attached hydrogens (tertiary/aromatic N) is 3. The minimum atomic E-state index is -1.04. The van der Waals surface area contributed by atoms with Crippen LogP contribution in [0.15, 0.2) is 36.7 Å². The van der Waals surface area contributed by atoms with E-state index in [4.69, 9.17) is 16.7 Å². The van der Waals surface area contributed by atoms with Crippen molar-refractivity contribution in [2.24, 2.45) is 0 Å². The normalized spacial score (nSPS) is 10.2. The number of halogens is 1. The van der Waals surface area contributed by atoms with Crippen LogP contribution in [0.25, 0.3) is 11.3 Å². The van der Waals surface area contributed by atoms with Gasteiger partial charge in [-0.2, -0.15) is 0 Å². The van der Waals surface area contributed by atoms with Crippen LogP contribution >= 0.6 is 11.6 Å². The maximum Gasteiger partial charge on any atom is 0.413 e. The molecule has 0 fully saturated rings. The molecule has 0 saturated heterocycles. The molecule has 0 aliphatic heterocycles. The summed E-state index contributed by atoms with van der Waals surface area (Å²) in [5.41, 5.74) is 1.51. The lowest BCUT2D eigenvalue weighted by Crippen LogP contribution is -2.29. The van der Waals surface area contributed by atoms with Gasteiger partial charge in [-0.25, -0.2) is 14.8 Å². The smallest absolute Gasteiger partial charge is 0.413 e. The Hall–Kier alpha value is -2.14. The van der Waals surface area contributed by atoms with Crippen molar-refractivity contribution in [3.05, 3.63) is 41.7 Å². The lowest BCUT2D eigenvalue weighted by Gasteiger charge is -2.15. The first-order valence-electron chi connectivity index (χ1n) is 5.70. The number of rotatable bonds is 3.